The predicted molar refractivity (Wildman–Crippen MR) is 69.5 cm³/mol. The van der Waals surface area contributed by atoms with Gasteiger partial charge in [-0.3, -0.25) is 10.4 Å². The van der Waals surface area contributed by atoms with Crippen molar-refractivity contribution in [3.8, 4) is 5.69 Å². The number of aryl methyl sites for hydroxylation is 1. The van der Waals surface area contributed by atoms with Gasteiger partial charge < -0.3 is 5.73 Å². The highest BCUT2D eigenvalue weighted by Gasteiger charge is 2.10. The Morgan fingerprint density at radius 2 is 2.12 bits per heavy atom. The Kier molecular flexibility index (Phi) is 2.97. The first-order valence-corrected chi connectivity index (χ1v) is 5.82. The van der Waals surface area contributed by atoms with Gasteiger partial charge in [0.1, 0.15) is 11.5 Å². The molecule has 0 bridgehead atoms. The Hall–Kier alpha value is -1.69. The highest BCUT2D eigenvalue weighted by Crippen LogP contribution is 2.22. The first-order chi connectivity index (χ1) is 8.00. The molecule has 5 nitrogen and oxygen atoms in total. The quantitative estimate of drug-likeness (QED) is 0.656. The summed E-state index contributed by atoms with van der Waals surface area (Å²) in [5, 5.41) is 11.7. The minimum Gasteiger partial charge on any atom is -0.382 e. The summed E-state index contributed by atoms with van der Waals surface area (Å²) in [6, 6.07) is 3.55. The zero-order valence-corrected chi connectivity index (χ0v) is 11.1. The van der Waals surface area contributed by atoms with Crippen molar-refractivity contribution < 1.29 is 0 Å². The summed E-state index contributed by atoms with van der Waals surface area (Å²) in [6.45, 7) is 3.91. The molecule has 2 aromatic rings. The van der Waals surface area contributed by atoms with Crippen LogP contribution in [0.2, 0.25) is 0 Å². The monoisotopic (exact) mass is 293 g/mol. The molecule has 2 aromatic heterocycles. The van der Waals surface area contributed by atoms with Crippen LogP contribution >= 0.6 is 15.9 Å². The molecule has 0 aromatic carbocycles. The number of nitrogens with two attached hydrogens (primary N) is 1. The van der Waals surface area contributed by atoms with Gasteiger partial charge in [-0.2, -0.15) is 5.10 Å². The summed E-state index contributed by atoms with van der Waals surface area (Å²) in [5.74, 6) is -0.0360. The van der Waals surface area contributed by atoms with Crippen molar-refractivity contribution in [2.45, 2.75) is 13.8 Å². The summed E-state index contributed by atoms with van der Waals surface area (Å²) >= 11 is 3.48. The molecule has 3 N–H and O–H groups in total. The van der Waals surface area contributed by atoms with Gasteiger partial charge in [0.05, 0.1) is 27.7 Å². The first kappa shape index (κ1) is 11.8. The Morgan fingerprint density at radius 3 is 2.53 bits per heavy atom. The van der Waals surface area contributed by atoms with Crippen LogP contribution in [0.1, 0.15) is 17.1 Å². The fraction of sp³-hybridized carbons (Fsp3) is 0.182. The van der Waals surface area contributed by atoms with Crippen LogP contribution < -0.4 is 5.73 Å². The van der Waals surface area contributed by atoms with Gasteiger partial charge in [0.25, 0.3) is 0 Å². The molecule has 0 aliphatic carbocycles. The fourth-order valence-corrected chi connectivity index (χ4v) is 1.79. The maximum absolute atomic E-state index is 7.28. The van der Waals surface area contributed by atoms with E-state index < -0.39 is 0 Å². The van der Waals surface area contributed by atoms with Crippen LogP contribution in [0.15, 0.2) is 22.8 Å². The number of rotatable bonds is 2. The topological polar surface area (TPSA) is 80.6 Å². The van der Waals surface area contributed by atoms with Crippen molar-refractivity contribution in [2.24, 2.45) is 5.73 Å². The smallest absolute Gasteiger partial charge is 0.141 e. The molecule has 0 atom stereocenters. The van der Waals surface area contributed by atoms with Crippen LogP contribution in [-0.4, -0.2) is 20.6 Å². The second-order valence-corrected chi connectivity index (χ2v) is 4.50. The van der Waals surface area contributed by atoms with Gasteiger partial charge in [-0.05, 0) is 41.9 Å². The minimum atomic E-state index is -0.0360. The molecule has 0 spiro atoms. The summed E-state index contributed by atoms with van der Waals surface area (Å²) in [4.78, 5) is 4.11. The number of aromatic nitrogens is 3. The molecular formula is C11H12BrN5. The normalized spacial score (nSPS) is 10.5. The van der Waals surface area contributed by atoms with Crippen molar-refractivity contribution in [3.05, 3.63) is 39.9 Å². The lowest BCUT2D eigenvalue weighted by Gasteiger charge is -2.04. The van der Waals surface area contributed by atoms with E-state index in [2.05, 4.69) is 26.0 Å². The van der Waals surface area contributed by atoms with Gasteiger partial charge in [-0.15, -0.1) is 0 Å². The number of nitrogens with one attached hydrogen (secondary N) is 1. The summed E-state index contributed by atoms with van der Waals surface area (Å²) < 4.78 is 2.80. The maximum atomic E-state index is 7.28. The number of pyridine rings is 1. The second kappa shape index (κ2) is 4.29. The highest BCUT2D eigenvalue weighted by molar-refractivity contribution is 9.10. The average molecular weight is 294 g/mol. The molecule has 17 heavy (non-hydrogen) atoms. The zero-order valence-electron chi connectivity index (χ0n) is 9.53. The lowest BCUT2D eigenvalue weighted by molar-refractivity contribution is 0.828. The number of amidine groups is 1. The third kappa shape index (κ3) is 2.08. The molecule has 0 amide bonds. The summed E-state index contributed by atoms with van der Waals surface area (Å²) in [7, 11) is 0. The fourth-order valence-electron chi connectivity index (χ4n) is 1.55. The van der Waals surface area contributed by atoms with Crippen molar-refractivity contribution >= 4 is 21.8 Å². The van der Waals surface area contributed by atoms with Crippen LogP contribution in [0.4, 0.5) is 0 Å². The van der Waals surface area contributed by atoms with Crippen LogP contribution in [0.25, 0.3) is 5.69 Å². The van der Waals surface area contributed by atoms with E-state index in [1.165, 1.54) is 0 Å². The molecule has 0 radical (unpaired) electrons. The zero-order chi connectivity index (χ0) is 12.6. The molecule has 88 valence electrons. The van der Waals surface area contributed by atoms with E-state index in [1.54, 1.807) is 16.9 Å². The Morgan fingerprint density at radius 1 is 1.41 bits per heavy atom. The second-order valence-electron chi connectivity index (χ2n) is 3.71. The molecule has 0 saturated heterocycles. The molecule has 0 aliphatic heterocycles. The van der Waals surface area contributed by atoms with Crippen LogP contribution in [0, 0.1) is 19.3 Å². The molecule has 2 heterocycles. The molecule has 0 saturated carbocycles. The summed E-state index contributed by atoms with van der Waals surface area (Å²) in [6.07, 6.45) is 1.66. The molecule has 0 fully saturated rings. The molecular weight excluding hydrogens is 282 g/mol. The standard InChI is InChI=1S/C11H12BrN5/c1-6-10(12)7(2)17(16-6)8-3-4-9(11(13)14)15-5-8/h3-5H,1-2H3,(H3,13,14). The van der Waals surface area contributed by atoms with Crippen molar-refractivity contribution in [1.29, 1.82) is 5.41 Å². The van der Waals surface area contributed by atoms with Gasteiger partial charge in [0.2, 0.25) is 0 Å². The Labute approximate surface area is 107 Å². The van der Waals surface area contributed by atoms with Crippen molar-refractivity contribution in [1.82, 2.24) is 14.8 Å². The van der Waals surface area contributed by atoms with Crippen molar-refractivity contribution in [3.63, 3.8) is 0 Å². The number of nitrogens with zero attached hydrogens (tertiary/aromatic N) is 3. The molecule has 0 unspecified atom stereocenters. The van der Waals surface area contributed by atoms with Crippen LogP contribution in [0.3, 0.4) is 0 Å². The van der Waals surface area contributed by atoms with Crippen molar-refractivity contribution in [2.75, 3.05) is 0 Å². The molecule has 0 aliphatic rings. The van der Waals surface area contributed by atoms with Gasteiger partial charge in [-0.25, -0.2) is 4.68 Å². The Bertz CT molecular complexity index is 570. The van der Waals surface area contributed by atoms with E-state index >= 15 is 0 Å². The van der Waals surface area contributed by atoms with Gasteiger partial charge in [0, 0.05) is 0 Å². The van der Waals surface area contributed by atoms with E-state index in [0.29, 0.717) is 5.69 Å². The maximum Gasteiger partial charge on any atom is 0.141 e. The first-order valence-electron chi connectivity index (χ1n) is 5.03. The molecule has 2 rings (SSSR count). The number of hydrogen-bond donors (Lipinski definition) is 2. The number of halogens is 1. The summed E-state index contributed by atoms with van der Waals surface area (Å²) in [5.41, 5.74) is 8.61. The third-order valence-corrected chi connectivity index (χ3v) is 3.62. The van der Waals surface area contributed by atoms with E-state index in [0.717, 1.165) is 21.5 Å². The van der Waals surface area contributed by atoms with Crippen LogP contribution in [0.5, 0.6) is 0 Å². The number of hydrogen-bond acceptors (Lipinski definition) is 3. The minimum absolute atomic E-state index is 0.0360. The van der Waals surface area contributed by atoms with Crippen LogP contribution in [-0.2, 0) is 0 Å². The van der Waals surface area contributed by atoms with E-state index in [-0.39, 0.29) is 5.84 Å². The third-order valence-electron chi connectivity index (χ3n) is 2.47. The SMILES string of the molecule is Cc1nn(-c2ccc(C(=N)N)nc2)c(C)c1Br. The lowest BCUT2D eigenvalue weighted by Crippen LogP contribution is -2.13. The average Bonchev–Trinajstić information content (AvgIpc) is 2.57. The van der Waals surface area contributed by atoms with Gasteiger partial charge in [0.15, 0.2) is 0 Å². The van der Waals surface area contributed by atoms with E-state index in [9.17, 15) is 0 Å². The number of nitrogen functional groups attached to an aromatic ring is 1. The lowest BCUT2D eigenvalue weighted by atomic mass is 10.3. The van der Waals surface area contributed by atoms with E-state index in [4.69, 9.17) is 11.1 Å². The Balaban J connectivity index is 2.47. The van der Waals surface area contributed by atoms with Gasteiger partial charge in [-0.1, -0.05) is 0 Å². The largest absolute Gasteiger partial charge is 0.382 e. The van der Waals surface area contributed by atoms with E-state index in [1.807, 2.05) is 19.9 Å². The van der Waals surface area contributed by atoms with Gasteiger partial charge >= 0.3 is 0 Å². The highest BCUT2D eigenvalue weighted by atomic mass is 79.9. The molecule has 6 heteroatoms. The predicted octanol–water partition coefficient (Wildman–Crippen LogP) is 1.93.